The molecule has 1 unspecified atom stereocenters. The molecule has 1 atom stereocenters. The summed E-state index contributed by atoms with van der Waals surface area (Å²) in [6.45, 7) is 2.04. The molecule has 0 aliphatic carbocycles. The second kappa shape index (κ2) is 6.87. The van der Waals surface area contributed by atoms with Gasteiger partial charge in [0.05, 0.1) is 10.5 Å². The van der Waals surface area contributed by atoms with Crippen LogP contribution in [0.15, 0.2) is 23.1 Å². The van der Waals surface area contributed by atoms with E-state index in [9.17, 15) is 8.42 Å². The predicted molar refractivity (Wildman–Crippen MR) is 72.2 cm³/mol. The number of halogens is 1. The van der Waals surface area contributed by atoms with E-state index in [1.54, 1.807) is 0 Å². The zero-order chi connectivity index (χ0) is 14.5. The summed E-state index contributed by atoms with van der Waals surface area (Å²) in [5.41, 5.74) is 0.00908. The number of aliphatic hydroxyl groups excluding tert-OH is 1. The molecule has 5 nitrogen and oxygen atoms in total. The van der Waals surface area contributed by atoms with Crippen molar-refractivity contribution in [3.05, 3.63) is 28.8 Å². The standard InChI is InChI=1S/C12H15ClN2O3S/c1-9(4-5-16)8-15-19(17,18)12-3-2-11(13)6-10(12)7-14/h2-3,6,9,15-16H,4-5,8H2,1H3. The molecule has 1 rings (SSSR count). The Bertz CT molecular complexity index is 581. The molecule has 104 valence electrons. The van der Waals surface area contributed by atoms with E-state index in [4.69, 9.17) is 22.0 Å². The van der Waals surface area contributed by atoms with Crippen molar-refractivity contribution in [2.75, 3.05) is 13.2 Å². The molecule has 7 heteroatoms. The van der Waals surface area contributed by atoms with Gasteiger partial charge in [-0.05, 0) is 30.5 Å². The van der Waals surface area contributed by atoms with Crippen molar-refractivity contribution in [3.63, 3.8) is 0 Å². The van der Waals surface area contributed by atoms with E-state index in [0.29, 0.717) is 11.4 Å². The quantitative estimate of drug-likeness (QED) is 0.833. The summed E-state index contributed by atoms with van der Waals surface area (Å²) in [6, 6.07) is 5.85. The van der Waals surface area contributed by atoms with Crippen LogP contribution >= 0.6 is 11.6 Å². The fourth-order valence-corrected chi connectivity index (χ4v) is 2.95. The number of aliphatic hydroxyl groups is 1. The zero-order valence-corrected chi connectivity index (χ0v) is 12.0. The van der Waals surface area contributed by atoms with Crippen molar-refractivity contribution >= 4 is 21.6 Å². The van der Waals surface area contributed by atoms with Crippen molar-refractivity contribution in [1.82, 2.24) is 4.72 Å². The van der Waals surface area contributed by atoms with Gasteiger partial charge >= 0.3 is 0 Å². The lowest BCUT2D eigenvalue weighted by Gasteiger charge is -2.12. The molecule has 0 spiro atoms. The number of rotatable bonds is 6. The minimum Gasteiger partial charge on any atom is -0.396 e. The Labute approximate surface area is 117 Å². The van der Waals surface area contributed by atoms with E-state index in [0.717, 1.165) is 0 Å². The van der Waals surface area contributed by atoms with Crippen molar-refractivity contribution in [2.24, 2.45) is 5.92 Å². The van der Waals surface area contributed by atoms with Gasteiger partial charge in [-0.2, -0.15) is 5.26 Å². The van der Waals surface area contributed by atoms with Gasteiger partial charge in [-0.3, -0.25) is 0 Å². The summed E-state index contributed by atoms with van der Waals surface area (Å²) in [6.07, 6.45) is 0.508. The second-order valence-corrected chi connectivity index (χ2v) is 6.39. The first-order valence-corrected chi connectivity index (χ1v) is 7.57. The van der Waals surface area contributed by atoms with Crippen molar-refractivity contribution in [2.45, 2.75) is 18.2 Å². The predicted octanol–water partition coefficient (Wildman–Crippen LogP) is 1.51. The van der Waals surface area contributed by atoms with E-state index < -0.39 is 10.0 Å². The first-order valence-electron chi connectivity index (χ1n) is 5.71. The molecule has 0 fully saturated rings. The summed E-state index contributed by atoms with van der Waals surface area (Å²) >= 11 is 5.72. The molecule has 19 heavy (non-hydrogen) atoms. The number of nitriles is 1. The third-order valence-corrected chi connectivity index (χ3v) is 4.31. The van der Waals surface area contributed by atoms with Gasteiger partial charge in [0, 0.05) is 18.2 Å². The second-order valence-electron chi connectivity index (χ2n) is 4.22. The lowest BCUT2D eigenvalue weighted by atomic mass is 10.1. The smallest absolute Gasteiger partial charge is 0.241 e. The van der Waals surface area contributed by atoms with Crippen molar-refractivity contribution in [3.8, 4) is 6.07 Å². The van der Waals surface area contributed by atoms with Crippen LogP contribution in [0.5, 0.6) is 0 Å². The minimum absolute atomic E-state index is 0.00723. The highest BCUT2D eigenvalue weighted by Gasteiger charge is 2.19. The molecule has 0 heterocycles. The highest BCUT2D eigenvalue weighted by Crippen LogP contribution is 2.19. The lowest BCUT2D eigenvalue weighted by molar-refractivity contribution is 0.263. The fourth-order valence-electron chi connectivity index (χ4n) is 1.48. The first-order chi connectivity index (χ1) is 8.90. The van der Waals surface area contributed by atoms with E-state index in [1.165, 1.54) is 18.2 Å². The number of benzene rings is 1. The summed E-state index contributed by atoms with van der Waals surface area (Å²) < 4.78 is 26.5. The van der Waals surface area contributed by atoms with Crippen LogP contribution in [0.2, 0.25) is 5.02 Å². The summed E-state index contributed by atoms with van der Waals surface area (Å²) in [5, 5.41) is 18.0. The Morgan fingerprint density at radius 3 is 2.79 bits per heavy atom. The average molecular weight is 303 g/mol. The van der Waals surface area contributed by atoms with Gasteiger partial charge in [-0.1, -0.05) is 18.5 Å². The molecule has 0 saturated heterocycles. The summed E-state index contributed by atoms with van der Waals surface area (Å²) in [5.74, 6) is 0.0117. The van der Waals surface area contributed by atoms with E-state index >= 15 is 0 Å². The van der Waals surface area contributed by atoms with Crippen LogP contribution in [0.25, 0.3) is 0 Å². The molecule has 1 aromatic rings. The van der Waals surface area contributed by atoms with Gasteiger partial charge in [0.15, 0.2) is 0 Å². The largest absolute Gasteiger partial charge is 0.396 e. The SMILES string of the molecule is CC(CCO)CNS(=O)(=O)c1ccc(Cl)cc1C#N. The number of hydrogen-bond donors (Lipinski definition) is 2. The molecule has 0 aliphatic rings. The molecular formula is C12H15ClN2O3S. The highest BCUT2D eigenvalue weighted by molar-refractivity contribution is 7.89. The number of nitrogens with zero attached hydrogens (tertiary/aromatic N) is 1. The third-order valence-electron chi connectivity index (χ3n) is 2.60. The maximum absolute atomic E-state index is 12.1. The van der Waals surface area contributed by atoms with Crippen molar-refractivity contribution < 1.29 is 13.5 Å². The van der Waals surface area contributed by atoms with Crippen LogP contribution in [-0.4, -0.2) is 26.7 Å². The Kier molecular flexibility index (Phi) is 5.76. The molecule has 0 aliphatic heterocycles. The Hall–Kier alpha value is -1.13. The highest BCUT2D eigenvalue weighted by atomic mass is 35.5. The minimum atomic E-state index is -3.75. The fraction of sp³-hybridized carbons (Fsp3) is 0.417. The van der Waals surface area contributed by atoms with Crippen LogP contribution in [0, 0.1) is 17.2 Å². The van der Waals surface area contributed by atoms with Gasteiger partial charge in [0.2, 0.25) is 10.0 Å². The molecule has 0 bridgehead atoms. The van der Waals surface area contributed by atoms with Gasteiger partial charge in [0.1, 0.15) is 6.07 Å². The van der Waals surface area contributed by atoms with Gasteiger partial charge in [-0.25, -0.2) is 13.1 Å². The average Bonchev–Trinajstić information content (AvgIpc) is 2.36. The van der Waals surface area contributed by atoms with Crippen LogP contribution in [-0.2, 0) is 10.0 Å². The summed E-state index contributed by atoms with van der Waals surface area (Å²) in [4.78, 5) is -0.0874. The zero-order valence-electron chi connectivity index (χ0n) is 10.4. The van der Waals surface area contributed by atoms with Crippen LogP contribution in [0.3, 0.4) is 0 Å². The Morgan fingerprint density at radius 1 is 1.53 bits per heavy atom. The van der Waals surface area contributed by atoms with E-state index in [2.05, 4.69) is 4.72 Å². The number of sulfonamides is 1. The van der Waals surface area contributed by atoms with E-state index in [1.807, 2.05) is 13.0 Å². The van der Waals surface area contributed by atoms with Crippen LogP contribution in [0.1, 0.15) is 18.9 Å². The monoisotopic (exact) mass is 302 g/mol. The molecule has 0 radical (unpaired) electrons. The van der Waals surface area contributed by atoms with E-state index in [-0.39, 0.29) is 29.5 Å². The maximum Gasteiger partial charge on any atom is 0.241 e. The molecule has 0 amide bonds. The van der Waals surface area contributed by atoms with Gasteiger partial charge < -0.3 is 5.11 Å². The van der Waals surface area contributed by atoms with Crippen LogP contribution in [0.4, 0.5) is 0 Å². The maximum atomic E-state index is 12.1. The number of hydrogen-bond acceptors (Lipinski definition) is 4. The third kappa shape index (κ3) is 4.48. The molecule has 1 aromatic carbocycles. The number of nitrogens with one attached hydrogen (secondary N) is 1. The molecule has 0 saturated carbocycles. The van der Waals surface area contributed by atoms with Gasteiger partial charge in [-0.15, -0.1) is 0 Å². The Morgan fingerprint density at radius 2 is 2.21 bits per heavy atom. The molecule has 0 aromatic heterocycles. The normalized spacial score (nSPS) is 12.9. The molecular weight excluding hydrogens is 288 g/mol. The first kappa shape index (κ1) is 15.9. The van der Waals surface area contributed by atoms with Crippen LogP contribution < -0.4 is 4.72 Å². The summed E-state index contributed by atoms with van der Waals surface area (Å²) in [7, 11) is -3.75. The van der Waals surface area contributed by atoms with Crippen molar-refractivity contribution in [1.29, 1.82) is 5.26 Å². The molecule has 2 N–H and O–H groups in total. The topological polar surface area (TPSA) is 90.2 Å². The lowest BCUT2D eigenvalue weighted by Crippen LogP contribution is -2.29. The van der Waals surface area contributed by atoms with Gasteiger partial charge in [0.25, 0.3) is 0 Å². The Balaban J connectivity index is 2.92.